The molecule has 5 unspecified atom stereocenters. The Balaban J connectivity index is 2.31. The number of benzene rings is 1. The maximum atomic E-state index is 13.2. The van der Waals surface area contributed by atoms with Crippen LogP contribution < -0.4 is 5.32 Å². The maximum Gasteiger partial charge on any atom is 0.0582 e. The predicted molar refractivity (Wildman–Crippen MR) is 91.1 cm³/mol. The van der Waals surface area contributed by atoms with Gasteiger partial charge in [-0.2, -0.15) is 0 Å². The molecule has 21 heavy (non-hydrogen) atoms. The van der Waals surface area contributed by atoms with Gasteiger partial charge in [0.1, 0.15) is 0 Å². The van der Waals surface area contributed by atoms with E-state index in [1.807, 2.05) is 0 Å². The van der Waals surface area contributed by atoms with Crippen molar-refractivity contribution in [3.8, 4) is 0 Å². The molecule has 1 aromatic rings. The summed E-state index contributed by atoms with van der Waals surface area (Å²) in [5.41, 5.74) is 2.35. The lowest BCUT2D eigenvalue weighted by molar-refractivity contribution is 0.248. The second-order valence-electron chi connectivity index (χ2n) is 6.75. The Morgan fingerprint density at radius 3 is 2.62 bits per heavy atom. The summed E-state index contributed by atoms with van der Waals surface area (Å²) in [6.45, 7) is 11.8. The first-order valence-corrected chi connectivity index (χ1v) is 9.36. The van der Waals surface area contributed by atoms with E-state index in [-0.39, 0.29) is 5.25 Å². The quantitative estimate of drug-likeness (QED) is 0.916. The summed E-state index contributed by atoms with van der Waals surface area (Å²) < 4.78 is 13.2. The Labute approximate surface area is 132 Å². The van der Waals surface area contributed by atoms with E-state index in [0.29, 0.717) is 12.0 Å². The average molecular weight is 308 g/mol. The van der Waals surface area contributed by atoms with Crippen molar-refractivity contribution in [2.45, 2.75) is 63.6 Å². The van der Waals surface area contributed by atoms with E-state index in [9.17, 15) is 4.21 Å². The van der Waals surface area contributed by atoms with E-state index in [2.05, 4.69) is 58.1 Å². The second-order valence-corrected chi connectivity index (χ2v) is 8.33. The van der Waals surface area contributed by atoms with Gasteiger partial charge in [0.05, 0.1) is 16.0 Å². The molecule has 118 valence electrons. The number of hydrogen-bond acceptors (Lipinski definition) is 2. The number of rotatable bonds is 4. The monoisotopic (exact) mass is 307 g/mol. The highest BCUT2D eigenvalue weighted by atomic mass is 32.2. The van der Waals surface area contributed by atoms with Gasteiger partial charge in [0.25, 0.3) is 0 Å². The van der Waals surface area contributed by atoms with Gasteiger partial charge in [-0.05, 0) is 62.3 Å². The van der Waals surface area contributed by atoms with E-state index in [1.54, 1.807) is 0 Å². The molecule has 0 bridgehead atoms. The molecule has 1 aromatic carbocycles. The van der Waals surface area contributed by atoms with Gasteiger partial charge in [-0.3, -0.25) is 4.21 Å². The highest BCUT2D eigenvalue weighted by molar-refractivity contribution is 7.85. The van der Waals surface area contributed by atoms with Gasteiger partial charge in [-0.15, -0.1) is 0 Å². The highest BCUT2D eigenvalue weighted by Crippen LogP contribution is 2.35. The first-order valence-electron chi connectivity index (χ1n) is 8.15. The molecule has 1 aliphatic rings. The molecule has 1 N–H and O–H groups in total. The van der Waals surface area contributed by atoms with Crippen LogP contribution in [0.2, 0.25) is 0 Å². The first kappa shape index (κ1) is 16.7. The standard InChI is InChI=1S/C18H29NOS/c1-6-19-16-10-13(3)9-15(5)18(16)21(20)17-11-12(2)7-8-14(17)4/h7-8,11,13,15-16,18-19H,6,9-10H2,1-5H3. The minimum atomic E-state index is -0.931. The van der Waals surface area contributed by atoms with Crippen molar-refractivity contribution in [1.82, 2.24) is 5.32 Å². The van der Waals surface area contributed by atoms with Crippen LogP contribution in [0.1, 0.15) is 44.7 Å². The van der Waals surface area contributed by atoms with E-state index < -0.39 is 10.8 Å². The van der Waals surface area contributed by atoms with Crippen LogP contribution in [0.4, 0.5) is 0 Å². The largest absolute Gasteiger partial charge is 0.313 e. The van der Waals surface area contributed by atoms with Crippen molar-refractivity contribution in [3.05, 3.63) is 29.3 Å². The normalized spacial score (nSPS) is 31.1. The van der Waals surface area contributed by atoms with Crippen LogP contribution in [0.15, 0.2) is 23.1 Å². The zero-order valence-corrected chi connectivity index (χ0v) is 14.8. The van der Waals surface area contributed by atoms with Gasteiger partial charge >= 0.3 is 0 Å². The molecule has 1 saturated carbocycles. The fraction of sp³-hybridized carbons (Fsp3) is 0.667. The molecule has 0 spiro atoms. The second kappa shape index (κ2) is 7.06. The third-order valence-corrected chi connectivity index (χ3v) is 6.82. The molecule has 2 rings (SSSR count). The molecule has 2 nitrogen and oxygen atoms in total. The summed E-state index contributed by atoms with van der Waals surface area (Å²) in [7, 11) is -0.931. The molecule has 0 aliphatic heterocycles. The van der Waals surface area contributed by atoms with Gasteiger partial charge in [-0.25, -0.2) is 0 Å². The topological polar surface area (TPSA) is 29.1 Å². The zero-order valence-electron chi connectivity index (χ0n) is 14.0. The Morgan fingerprint density at radius 2 is 1.95 bits per heavy atom. The van der Waals surface area contributed by atoms with Crippen LogP contribution >= 0.6 is 0 Å². The first-order chi connectivity index (χ1) is 9.93. The molecular weight excluding hydrogens is 278 g/mol. The molecule has 0 radical (unpaired) electrons. The van der Waals surface area contributed by atoms with Crippen LogP contribution in [-0.2, 0) is 10.8 Å². The summed E-state index contributed by atoms with van der Waals surface area (Å²) in [5, 5.41) is 3.81. The fourth-order valence-corrected chi connectivity index (χ4v) is 5.74. The summed E-state index contributed by atoms with van der Waals surface area (Å²) in [6.07, 6.45) is 2.32. The van der Waals surface area contributed by atoms with Crippen LogP contribution in [-0.4, -0.2) is 22.0 Å². The molecule has 1 aliphatic carbocycles. The van der Waals surface area contributed by atoms with Gasteiger partial charge in [0, 0.05) is 10.9 Å². The summed E-state index contributed by atoms with van der Waals surface area (Å²) in [4.78, 5) is 1.03. The molecule has 5 atom stereocenters. The van der Waals surface area contributed by atoms with Crippen LogP contribution in [0, 0.1) is 25.7 Å². The molecule has 0 amide bonds. The lowest BCUT2D eigenvalue weighted by atomic mass is 9.80. The number of nitrogens with one attached hydrogen (secondary N) is 1. The van der Waals surface area contributed by atoms with Gasteiger partial charge in [0.15, 0.2) is 0 Å². The maximum absolute atomic E-state index is 13.2. The van der Waals surface area contributed by atoms with Crippen LogP contribution in [0.5, 0.6) is 0 Å². The minimum absolute atomic E-state index is 0.224. The van der Waals surface area contributed by atoms with E-state index in [0.717, 1.165) is 29.3 Å². The zero-order chi connectivity index (χ0) is 15.6. The van der Waals surface area contributed by atoms with Crippen molar-refractivity contribution in [1.29, 1.82) is 0 Å². The van der Waals surface area contributed by atoms with Crippen molar-refractivity contribution < 1.29 is 4.21 Å². The number of hydrogen-bond donors (Lipinski definition) is 1. The van der Waals surface area contributed by atoms with Crippen molar-refractivity contribution in [2.75, 3.05) is 6.54 Å². The van der Waals surface area contributed by atoms with E-state index in [1.165, 1.54) is 12.0 Å². The Bertz CT molecular complexity index is 514. The SMILES string of the molecule is CCNC1CC(C)CC(C)C1S(=O)c1cc(C)ccc1C. The van der Waals surface area contributed by atoms with Crippen LogP contribution in [0.3, 0.4) is 0 Å². The predicted octanol–water partition coefficient (Wildman–Crippen LogP) is 3.82. The molecule has 1 fully saturated rings. The lowest BCUT2D eigenvalue weighted by Gasteiger charge is -2.39. The minimum Gasteiger partial charge on any atom is -0.313 e. The third kappa shape index (κ3) is 3.75. The smallest absolute Gasteiger partial charge is 0.0582 e. The fourth-order valence-electron chi connectivity index (χ4n) is 3.72. The Hall–Kier alpha value is -0.670. The van der Waals surface area contributed by atoms with Crippen molar-refractivity contribution in [3.63, 3.8) is 0 Å². The van der Waals surface area contributed by atoms with E-state index >= 15 is 0 Å². The lowest BCUT2D eigenvalue weighted by Crippen LogP contribution is -2.50. The average Bonchev–Trinajstić information content (AvgIpc) is 2.41. The van der Waals surface area contributed by atoms with Crippen molar-refractivity contribution >= 4 is 10.8 Å². The van der Waals surface area contributed by atoms with Crippen LogP contribution in [0.25, 0.3) is 0 Å². The van der Waals surface area contributed by atoms with Gasteiger partial charge in [-0.1, -0.05) is 32.9 Å². The third-order valence-electron chi connectivity index (χ3n) is 4.66. The van der Waals surface area contributed by atoms with Gasteiger partial charge < -0.3 is 5.32 Å². The Morgan fingerprint density at radius 1 is 1.24 bits per heavy atom. The summed E-state index contributed by atoms with van der Waals surface area (Å²) >= 11 is 0. The molecule has 0 aromatic heterocycles. The highest BCUT2D eigenvalue weighted by Gasteiger charge is 2.38. The molecule has 0 heterocycles. The van der Waals surface area contributed by atoms with Crippen molar-refractivity contribution in [2.24, 2.45) is 11.8 Å². The molecule has 0 saturated heterocycles. The van der Waals surface area contributed by atoms with Gasteiger partial charge in [0.2, 0.25) is 0 Å². The molecular formula is C18H29NOS. The Kier molecular flexibility index (Phi) is 5.61. The molecule has 3 heteroatoms. The summed E-state index contributed by atoms with van der Waals surface area (Å²) in [6, 6.07) is 6.68. The number of aryl methyl sites for hydroxylation is 2. The summed E-state index contributed by atoms with van der Waals surface area (Å²) in [5.74, 6) is 1.22. The van der Waals surface area contributed by atoms with E-state index in [4.69, 9.17) is 0 Å².